The van der Waals surface area contributed by atoms with Gasteiger partial charge in [-0.1, -0.05) is 36.4 Å². The molecule has 6 rings (SSSR count). The standard InChI is InChI=1S/C30H27N3O3/c1-35-25-11-9-22(10-12-25)21-3-5-23(6-4-21)29-31-27-14-13-26(36-2)17-28(27)33(29)19-20-15-16-32(18-20)30(34)24-7-8-24/h3-6,9-18,24H,7-8,19H2,1-2H3. The summed E-state index contributed by atoms with van der Waals surface area (Å²) in [6.07, 6.45) is 5.81. The van der Waals surface area contributed by atoms with Gasteiger partial charge in [-0.25, -0.2) is 4.98 Å². The van der Waals surface area contributed by atoms with Gasteiger partial charge in [-0.2, -0.15) is 0 Å². The Hall–Kier alpha value is -4.32. The molecule has 36 heavy (non-hydrogen) atoms. The van der Waals surface area contributed by atoms with Crippen molar-refractivity contribution >= 4 is 16.9 Å². The third kappa shape index (κ3) is 4.15. The van der Waals surface area contributed by atoms with Gasteiger partial charge in [-0.15, -0.1) is 0 Å². The molecule has 0 aliphatic heterocycles. The molecule has 6 heteroatoms. The van der Waals surface area contributed by atoms with Crippen molar-refractivity contribution in [1.29, 1.82) is 0 Å². The van der Waals surface area contributed by atoms with Gasteiger partial charge >= 0.3 is 0 Å². The first-order valence-corrected chi connectivity index (χ1v) is 12.1. The lowest BCUT2D eigenvalue weighted by molar-refractivity contribution is 0.0886. The van der Waals surface area contributed by atoms with E-state index in [0.717, 1.165) is 63.5 Å². The van der Waals surface area contributed by atoms with Crippen molar-refractivity contribution in [3.63, 3.8) is 0 Å². The van der Waals surface area contributed by atoms with Gasteiger partial charge in [0.2, 0.25) is 5.91 Å². The first kappa shape index (κ1) is 22.2. The van der Waals surface area contributed by atoms with Gasteiger partial charge in [0.15, 0.2) is 0 Å². The minimum absolute atomic E-state index is 0.184. The normalized spacial score (nSPS) is 13.2. The number of methoxy groups -OCH3 is 2. The molecule has 6 nitrogen and oxygen atoms in total. The highest BCUT2D eigenvalue weighted by atomic mass is 16.5. The molecular formula is C30H27N3O3. The van der Waals surface area contributed by atoms with E-state index in [4.69, 9.17) is 14.5 Å². The minimum Gasteiger partial charge on any atom is -0.497 e. The van der Waals surface area contributed by atoms with E-state index in [1.165, 1.54) is 0 Å². The molecule has 0 N–H and O–H groups in total. The third-order valence-corrected chi connectivity index (χ3v) is 6.80. The molecule has 0 amide bonds. The number of carbonyl (C=O) groups is 1. The number of aromatic nitrogens is 3. The van der Waals surface area contributed by atoms with Crippen molar-refractivity contribution in [2.45, 2.75) is 19.4 Å². The second kappa shape index (κ2) is 9.04. The van der Waals surface area contributed by atoms with Gasteiger partial charge in [0, 0.05) is 29.9 Å². The number of carbonyl (C=O) groups excluding carboxylic acids is 1. The Kier molecular flexibility index (Phi) is 5.56. The van der Waals surface area contributed by atoms with Crippen molar-refractivity contribution in [3.8, 4) is 34.0 Å². The molecule has 2 aromatic heterocycles. The van der Waals surface area contributed by atoms with Crippen LogP contribution < -0.4 is 9.47 Å². The summed E-state index contributed by atoms with van der Waals surface area (Å²) in [6, 6.07) is 24.5. The van der Waals surface area contributed by atoms with Gasteiger partial charge in [0.25, 0.3) is 0 Å². The van der Waals surface area contributed by atoms with Crippen LogP contribution in [0.3, 0.4) is 0 Å². The molecule has 0 saturated heterocycles. The van der Waals surface area contributed by atoms with Crippen LogP contribution in [0.4, 0.5) is 0 Å². The fraction of sp³-hybridized carbons (Fsp3) is 0.200. The van der Waals surface area contributed by atoms with Crippen molar-refractivity contribution in [1.82, 2.24) is 14.1 Å². The number of benzene rings is 3. The van der Waals surface area contributed by atoms with Crippen LogP contribution in [0.2, 0.25) is 0 Å². The van der Waals surface area contributed by atoms with E-state index in [-0.39, 0.29) is 11.8 Å². The van der Waals surface area contributed by atoms with Crippen molar-refractivity contribution in [2.24, 2.45) is 5.92 Å². The molecule has 0 spiro atoms. The highest BCUT2D eigenvalue weighted by Gasteiger charge is 2.30. The molecule has 1 fully saturated rings. The molecular weight excluding hydrogens is 450 g/mol. The lowest BCUT2D eigenvalue weighted by Gasteiger charge is -2.10. The first-order chi connectivity index (χ1) is 17.6. The Morgan fingerprint density at radius 3 is 2.17 bits per heavy atom. The van der Waals surface area contributed by atoms with E-state index >= 15 is 0 Å². The molecule has 0 bridgehead atoms. The third-order valence-electron chi connectivity index (χ3n) is 6.80. The Morgan fingerprint density at radius 1 is 0.861 bits per heavy atom. The Bertz CT molecular complexity index is 1540. The maximum absolute atomic E-state index is 12.5. The first-order valence-electron chi connectivity index (χ1n) is 12.1. The van der Waals surface area contributed by atoms with Crippen LogP contribution in [0.25, 0.3) is 33.5 Å². The van der Waals surface area contributed by atoms with E-state index in [9.17, 15) is 4.79 Å². The van der Waals surface area contributed by atoms with Gasteiger partial charge < -0.3 is 14.0 Å². The summed E-state index contributed by atoms with van der Waals surface area (Å²) in [5.74, 6) is 2.87. The zero-order valence-corrected chi connectivity index (χ0v) is 20.3. The Labute approximate surface area is 209 Å². The second-order valence-electron chi connectivity index (χ2n) is 9.22. The minimum atomic E-state index is 0.184. The number of imidazole rings is 1. The lowest BCUT2D eigenvalue weighted by atomic mass is 10.0. The summed E-state index contributed by atoms with van der Waals surface area (Å²) in [4.78, 5) is 17.5. The quantitative estimate of drug-likeness (QED) is 0.277. The molecule has 0 atom stereocenters. The van der Waals surface area contributed by atoms with Gasteiger partial charge in [0.05, 0.1) is 31.8 Å². The SMILES string of the molecule is COc1ccc(-c2ccc(-c3nc4ccc(OC)cc4n3Cc3ccn(C(=O)C4CC4)c3)cc2)cc1. The van der Waals surface area contributed by atoms with Crippen molar-refractivity contribution in [3.05, 3.63) is 90.8 Å². The summed E-state index contributed by atoms with van der Waals surface area (Å²) in [5.41, 5.74) is 6.23. The Balaban J connectivity index is 1.37. The van der Waals surface area contributed by atoms with Crippen LogP contribution >= 0.6 is 0 Å². The number of hydrogen-bond donors (Lipinski definition) is 0. The average molecular weight is 478 g/mol. The van der Waals surface area contributed by atoms with Crippen LogP contribution in [0, 0.1) is 5.92 Å². The molecule has 1 saturated carbocycles. The fourth-order valence-electron chi connectivity index (χ4n) is 4.60. The number of nitrogens with zero attached hydrogens (tertiary/aromatic N) is 3. The van der Waals surface area contributed by atoms with E-state index < -0.39 is 0 Å². The highest BCUT2D eigenvalue weighted by Crippen LogP contribution is 2.32. The van der Waals surface area contributed by atoms with E-state index in [0.29, 0.717) is 6.54 Å². The highest BCUT2D eigenvalue weighted by molar-refractivity contribution is 5.84. The lowest BCUT2D eigenvalue weighted by Crippen LogP contribution is -2.10. The monoisotopic (exact) mass is 477 g/mol. The summed E-state index contributed by atoms with van der Waals surface area (Å²) >= 11 is 0. The van der Waals surface area contributed by atoms with Gasteiger partial charge in [-0.3, -0.25) is 9.36 Å². The van der Waals surface area contributed by atoms with E-state index in [2.05, 4.69) is 41.0 Å². The summed E-state index contributed by atoms with van der Waals surface area (Å²) in [6.45, 7) is 0.601. The van der Waals surface area contributed by atoms with Crippen LogP contribution in [-0.2, 0) is 6.54 Å². The molecule has 1 aliphatic rings. The molecule has 1 aliphatic carbocycles. The predicted molar refractivity (Wildman–Crippen MR) is 141 cm³/mol. The van der Waals surface area contributed by atoms with Gasteiger partial charge in [0.1, 0.15) is 17.3 Å². The van der Waals surface area contributed by atoms with Crippen LogP contribution in [0.5, 0.6) is 11.5 Å². The fourth-order valence-corrected chi connectivity index (χ4v) is 4.60. The number of hydrogen-bond acceptors (Lipinski definition) is 4. The summed E-state index contributed by atoms with van der Waals surface area (Å²) in [5, 5.41) is 0. The van der Waals surface area contributed by atoms with E-state index in [1.54, 1.807) is 18.8 Å². The molecule has 0 unspecified atom stereocenters. The molecule has 2 heterocycles. The maximum atomic E-state index is 12.5. The van der Waals surface area contributed by atoms with Crippen molar-refractivity contribution < 1.29 is 14.3 Å². The number of ether oxygens (including phenoxy) is 2. The van der Waals surface area contributed by atoms with Gasteiger partial charge in [-0.05, 0) is 59.9 Å². The summed E-state index contributed by atoms with van der Waals surface area (Å²) < 4.78 is 14.7. The summed E-state index contributed by atoms with van der Waals surface area (Å²) in [7, 11) is 3.34. The zero-order chi connectivity index (χ0) is 24.6. The van der Waals surface area contributed by atoms with Crippen LogP contribution in [-0.4, -0.2) is 34.2 Å². The van der Waals surface area contributed by atoms with Crippen LogP contribution in [0.15, 0.2) is 85.2 Å². The zero-order valence-electron chi connectivity index (χ0n) is 20.3. The topological polar surface area (TPSA) is 58.3 Å². The van der Waals surface area contributed by atoms with E-state index in [1.807, 2.05) is 48.8 Å². The molecule has 180 valence electrons. The number of rotatable bonds is 7. The Morgan fingerprint density at radius 2 is 1.50 bits per heavy atom. The largest absolute Gasteiger partial charge is 0.497 e. The maximum Gasteiger partial charge on any atom is 0.233 e. The second-order valence-corrected chi connectivity index (χ2v) is 9.22. The molecule has 3 aromatic carbocycles. The number of fused-ring (bicyclic) bond motifs is 1. The molecule has 5 aromatic rings. The van der Waals surface area contributed by atoms with Crippen molar-refractivity contribution in [2.75, 3.05) is 14.2 Å². The predicted octanol–water partition coefficient (Wildman–Crippen LogP) is 6.29. The van der Waals surface area contributed by atoms with Crippen LogP contribution in [0.1, 0.15) is 23.2 Å². The average Bonchev–Trinajstić information content (AvgIpc) is 3.58. The smallest absolute Gasteiger partial charge is 0.233 e. The molecule has 0 radical (unpaired) electrons.